The number of carbonyl (C=O) groups is 1. The summed E-state index contributed by atoms with van der Waals surface area (Å²) in [7, 11) is 0. The first-order valence-corrected chi connectivity index (χ1v) is 6.88. The number of phenols is 1. The number of hydrogen-bond acceptors (Lipinski definition) is 3. The van der Waals surface area contributed by atoms with E-state index in [1.807, 2.05) is 43.0 Å². The van der Waals surface area contributed by atoms with E-state index in [4.69, 9.17) is 0 Å². The third kappa shape index (κ3) is 3.34. The lowest BCUT2D eigenvalue weighted by atomic mass is 10.0. The SMILES string of the molecule is CCN(c1cccc(C)c1)C(C(=O)O)c1cccc(O)c1. The summed E-state index contributed by atoms with van der Waals surface area (Å²) in [4.78, 5) is 13.6. The maximum atomic E-state index is 11.7. The Morgan fingerprint density at radius 2 is 1.90 bits per heavy atom. The molecule has 0 aliphatic heterocycles. The van der Waals surface area contributed by atoms with E-state index in [9.17, 15) is 15.0 Å². The van der Waals surface area contributed by atoms with Gasteiger partial charge in [-0.15, -0.1) is 0 Å². The van der Waals surface area contributed by atoms with Crippen molar-refractivity contribution in [2.24, 2.45) is 0 Å². The van der Waals surface area contributed by atoms with Crippen molar-refractivity contribution in [3.05, 3.63) is 59.7 Å². The largest absolute Gasteiger partial charge is 0.508 e. The summed E-state index contributed by atoms with van der Waals surface area (Å²) in [6, 6.07) is 13.3. The zero-order chi connectivity index (χ0) is 15.4. The third-order valence-electron chi connectivity index (χ3n) is 3.41. The van der Waals surface area contributed by atoms with Crippen LogP contribution in [0.2, 0.25) is 0 Å². The molecule has 0 amide bonds. The van der Waals surface area contributed by atoms with Crippen molar-refractivity contribution in [3.8, 4) is 5.75 Å². The Labute approximate surface area is 124 Å². The molecule has 0 spiro atoms. The van der Waals surface area contributed by atoms with Gasteiger partial charge in [0, 0.05) is 12.2 Å². The Morgan fingerprint density at radius 3 is 2.48 bits per heavy atom. The molecule has 1 unspecified atom stereocenters. The van der Waals surface area contributed by atoms with Gasteiger partial charge in [0.05, 0.1) is 0 Å². The molecule has 0 fully saturated rings. The Morgan fingerprint density at radius 1 is 1.19 bits per heavy atom. The maximum absolute atomic E-state index is 11.7. The summed E-state index contributed by atoms with van der Waals surface area (Å²) in [6.07, 6.45) is 0. The fourth-order valence-corrected chi connectivity index (χ4v) is 2.47. The molecule has 1 atom stereocenters. The summed E-state index contributed by atoms with van der Waals surface area (Å²) < 4.78 is 0. The highest BCUT2D eigenvalue weighted by atomic mass is 16.4. The molecule has 0 saturated heterocycles. The lowest BCUT2D eigenvalue weighted by molar-refractivity contribution is -0.138. The molecule has 2 aromatic rings. The molecular formula is C17H19NO3. The molecule has 0 heterocycles. The number of phenolic OH excluding ortho intramolecular Hbond substituents is 1. The van der Waals surface area contributed by atoms with Crippen LogP contribution in [0.1, 0.15) is 24.1 Å². The summed E-state index contributed by atoms with van der Waals surface area (Å²) in [5.41, 5.74) is 2.49. The van der Waals surface area contributed by atoms with Gasteiger partial charge in [0.1, 0.15) is 5.75 Å². The predicted molar refractivity (Wildman–Crippen MR) is 82.7 cm³/mol. The van der Waals surface area contributed by atoms with E-state index in [-0.39, 0.29) is 5.75 Å². The lowest BCUT2D eigenvalue weighted by Gasteiger charge is -2.30. The molecule has 0 aromatic heterocycles. The minimum absolute atomic E-state index is 0.0686. The number of aromatic hydroxyl groups is 1. The molecule has 110 valence electrons. The van der Waals surface area contributed by atoms with Gasteiger partial charge in [-0.1, -0.05) is 24.3 Å². The standard InChI is InChI=1S/C17H19NO3/c1-3-18(14-8-4-6-12(2)10-14)16(17(20)21)13-7-5-9-15(19)11-13/h4-11,16,19H,3H2,1-2H3,(H,20,21). The normalized spacial score (nSPS) is 11.9. The molecule has 4 nitrogen and oxygen atoms in total. The molecule has 2 rings (SSSR count). The minimum Gasteiger partial charge on any atom is -0.508 e. The van der Waals surface area contributed by atoms with Crippen LogP contribution >= 0.6 is 0 Å². The number of benzene rings is 2. The average molecular weight is 285 g/mol. The van der Waals surface area contributed by atoms with Crippen molar-refractivity contribution in [2.75, 3.05) is 11.4 Å². The molecule has 0 radical (unpaired) electrons. The van der Waals surface area contributed by atoms with Crippen LogP contribution in [0.5, 0.6) is 5.75 Å². The Balaban J connectivity index is 2.47. The fourth-order valence-electron chi connectivity index (χ4n) is 2.47. The highest BCUT2D eigenvalue weighted by molar-refractivity contribution is 5.80. The maximum Gasteiger partial charge on any atom is 0.331 e. The topological polar surface area (TPSA) is 60.8 Å². The van der Waals surface area contributed by atoms with E-state index in [0.717, 1.165) is 11.3 Å². The highest BCUT2D eigenvalue weighted by Gasteiger charge is 2.27. The lowest BCUT2D eigenvalue weighted by Crippen LogP contribution is -2.34. The monoisotopic (exact) mass is 285 g/mol. The van der Waals surface area contributed by atoms with E-state index < -0.39 is 12.0 Å². The highest BCUT2D eigenvalue weighted by Crippen LogP contribution is 2.29. The van der Waals surface area contributed by atoms with Gasteiger partial charge in [-0.05, 0) is 49.2 Å². The van der Waals surface area contributed by atoms with Gasteiger partial charge in [0.25, 0.3) is 0 Å². The van der Waals surface area contributed by atoms with Crippen LogP contribution in [-0.4, -0.2) is 22.7 Å². The number of hydrogen-bond donors (Lipinski definition) is 2. The molecule has 0 bridgehead atoms. The number of aryl methyl sites for hydroxylation is 1. The molecule has 2 aromatic carbocycles. The number of aliphatic carboxylic acids is 1. The smallest absolute Gasteiger partial charge is 0.331 e. The van der Waals surface area contributed by atoms with Gasteiger partial charge in [0.2, 0.25) is 0 Å². The molecule has 0 saturated carbocycles. The van der Waals surface area contributed by atoms with Crippen molar-refractivity contribution in [1.29, 1.82) is 0 Å². The number of carboxylic acids is 1. The molecule has 21 heavy (non-hydrogen) atoms. The number of likely N-dealkylation sites (N-methyl/N-ethyl adjacent to an activating group) is 1. The van der Waals surface area contributed by atoms with Gasteiger partial charge in [-0.3, -0.25) is 0 Å². The zero-order valence-electron chi connectivity index (χ0n) is 12.2. The van der Waals surface area contributed by atoms with Crippen molar-refractivity contribution < 1.29 is 15.0 Å². The third-order valence-corrected chi connectivity index (χ3v) is 3.41. The molecule has 0 aliphatic carbocycles. The van der Waals surface area contributed by atoms with E-state index >= 15 is 0 Å². The Hall–Kier alpha value is -2.49. The van der Waals surface area contributed by atoms with Gasteiger partial charge in [-0.2, -0.15) is 0 Å². The number of nitrogens with zero attached hydrogens (tertiary/aromatic N) is 1. The molecule has 2 N–H and O–H groups in total. The number of rotatable bonds is 5. The summed E-state index contributed by atoms with van der Waals surface area (Å²) in [5, 5.41) is 19.2. The number of anilines is 1. The molecular weight excluding hydrogens is 266 g/mol. The zero-order valence-corrected chi connectivity index (χ0v) is 12.2. The molecule has 4 heteroatoms. The quantitative estimate of drug-likeness (QED) is 0.884. The van der Waals surface area contributed by atoms with Crippen LogP contribution in [0.3, 0.4) is 0 Å². The van der Waals surface area contributed by atoms with Crippen LogP contribution in [0, 0.1) is 6.92 Å². The minimum atomic E-state index is -0.941. The second-order valence-corrected chi connectivity index (χ2v) is 4.96. The van der Waals surface area contributed by atoms with Gasteiger partial charge >= 0.3 is 5.97 Å². The van der Waals surface area contributed by atoms with E-state index in [0.29, 0.717) is 12.1 Å². The van der Waals surface area contributed by atoms with Crippen molar-refractivity contribution >= 4 is 11.7 Å². The first-order chi connectivity index (χ1) is 10.0. The number of carboxylic acid groups (broad SMARTS) is 1. The first kappa shape index (κ1) is 14.9. The van der Waals surface area contributed by atoms with Crippen molar-refractivity contribution in [1.82, 2.24) is 0 Å². The van der Waals surface area contributed by atoms with Crippen LogP contribution in [0.15, 0.2) is 48.5 Å². The predicted octanol–water partition coefficient (Wildman–Crippen LogP) is 3.35. The van der Waals surface area contributed by atoms with Crippen LogP contribution < -0.4 is 4.90 Å². The first-order valence-electron chi connectivity index (χ1n) is 6.88. The summed E-state index contributed by atoms with van der Waals surface area (Å²) in [6.45, 7) is 4.44. The Bertz CT molecular complexity index is 639. The Kier molecular flexibility index (Phi) is 4.48. The van der Waals surface area contributed by atoms with Crippen LogP contribution in [0.25, 0.3) is 0 Å². The van der Waals surface area contributed by atoms with E-state index in [1.54, 1.807) is 12.1 Å². The summed E-state index contributed by atoms with van der Waals surface area (Å²) >= 11 is 0. The van der Waals surface area contributed by atoms with Crippen LogP contribution in [-0.2, 0) is 4.79 Å². The van der Waals surface area contributed by atoms with E-state index in [2.05, 4.69) is 0 Å². The molecule has 0 aliphatic rings. The summed E-state index contributed by atoms with van der Waals surface area (Å²) in [5.74, 6) is -0.872. The second-order valence-electron chi connectivity index (χ2n) is 4.96. The average Bonchev–Trinajstić information content (AvgIpc) is 2.44. The van der Waals surface area contributed by atoms with Gasteiger partial charge < -0.3 is 15.1 Å². The van der Waals surface area contributed by atoms with Gasteiger partial charge in [-0.25, -0.2) is 4.79 Å². The fraction of sp³-hybridized carbons (Fsp3) is 0.235. The van der Waals surface area contributed by atoms with Crippen molar-refractivity contribution in [2.45, 2.75) is 19.9 Å². The second kappa shape index (κ2) is 6.31. The van der Waals surface area contributed by atoms with Crippen LogP contribution in [0.4, 0.5) is 5.69 Å². The van der Waals surface area contributed by atoms with E-state index in [1.165, 1.54) is 12.1 Å². The van der Waals surface area contributed by atoms with Gasteiger partial charge in [0.15, 0.2) is 6.04 Å². The van der Waals surface area contributed by atoms with Crippen molar-refractivity contribution in [3.63, 3.8) is 0 Å².